The van der Waals surface area contributed by atoms with Gasteiger partial charge >= 0.3 is 0 Å². The summed E-state index contributed by atoms with van der Waals surface area (Å²) in [6.07, 6.45) is 6.49. The molecule has 0 saturated heterocycles. The number of halogens is 1. The zero-order valence-electron chi connectivity index (χ0n) is 9.98. The quantitative estimate of drug-likeness (QED) is 0.891. The summed E-state index contributed by atoms with van der Waals surface area (Å²) < 4.78 is 6.93. The lowest BCUT2D eigenvalue weighted by molar-refractivity contribution is 0.550. The maximum Gasteiger partial charge on any atom is 0.198 e. The number of aryl methyl sites for hydroxylation is 1. The summed E-state index contributed by atoms with van der Waals surface area (Å²) in [6.45, 7) is 3.05. The smallest absolute Gasteiger partial charge is 0.198 e. The molecular formula is C12H16ClN3O. The van der Waals surface area contributed by atoms with Gasteiger partial charge in [-0.1, -0.05) is 6.92 Å². The first-order chi connectivity index (χ1) is 8.22. The monoisotopic (exact) mass is 253 g/mol. The normalized spacial score (nSPS) is 12.9. The van der Waals surface area contributed by atoms with Gasteiger partial charge in [-0.3, -0.25) is 4.68 Å². The van der Waals surface area contributed by atoms with Crippen molar-refractivity contribution >= 4 is 11.6 Å². The van der Waals surface area contributed by atoms with Crippen molar-refractivity contribution in [2.75, 3.05) is 6.54 Å². The minimum absolute atomic E-state index is 0.0369. The first-order valence-corrected chi connectivity index (χ1v) is 6.05. The number of hydrogen-bond acceptors (Lipinski definition) is 3. The zero-order valence-corrected chi connectivity index (χ0v) is 10.7. The van der Waals surface area contributed by atoms with E-state index < -0.39 is 0 Å². The van der Waals surface area contributed by atoms with Crippen LogP contribution >= 0.6 is 11.6 Å². The molecule has 0 aliphatic rings. The van der Waals surface area contributed by atoms with Gasteiger partial charge in [0.15, 0.2) is 5.22 Å². The molecule has 1 atom stereocenters. The Hall–Kier alpha value is -1.26. The van der Waals surface area contributed by atoms with E-state index in [9.17, 15) is 0 Å². The van der Waals surface area contributed by atoms with Gasteiger partial charge < -0.3 is 9.73 Å². The molecule has 0 bridgehead atoms. The molecule has 92 valence electrons. The highest BCUT2D eigenvalue weighted by Crippen LogP contribution is 2.28. The third-order valence-corrected chi connectivity index (χ3v) is 2.92. The Morgan fingerprint density at radius 1 is 1.59 bits per heavy atom. The molecule has 0 radical (unpaired) electrons. The van der Waals surface area contributed by atoms with Crippen molar-refractivity contribution in [3.63, 3.8) is 0 Å². The van der Waals surface area contributed by atoms with Crippen LogP contribution in [0.3, 0.4) is 0 Å². The third kappa shape index (κ3) is 2.70. The lowest BCUT2D eigenvalue weighted by Gasteiger charge is -2.15. The molecule has 2 heterocycles. The Balaban J connectivity index is 2.28. The second-order valence-electron chi connectivity index (χ2n) is 3.98. The van der Waals surface area contributed by atoms with Crippen LogP contribution in [0.4, 0.5) is 0 Å². The fourth-order valence-corrected chi connectivity index (χ4v) is 2.02. The van der Waals surface area contributed by atoms with Crippen molar-refractivity contribution in [2.45, 2.75) is 19.4 Å². The van der Waals surface area contributed by atoms with Crippen molar-refractivity contribution in [3.05, 3.63) is 41.1 Å². The van der Waals surface area contributed by atoms with Crippen LogP contribution in [0.2, 0.25) is 5.22 Å². The van der Waals surface area contributed by atoms with Gasteiger partial charge in [0.25, 0.3) is 0 Å². The molecule has 2 aromatic rings. The van der Waals surface area contributed by atoms with Gasteiger partial charge in [0, 0.05) is 24.4 Å². The van der Waals surface area contributed by atoms with Gasteiger partial charge in [0.1, 0.15) is 0 Å². The first kappa shape index (κ1) is 12.2. The van der Waals surface area contributed by atoms with Crippen molar-refractivity contribution < 1.29 is 4.42 Å². The minimum Gasteiger partial charge on any atom is -0.453 e. The Kier molecular flexibility index (Phi) is 3.86. The Labute approximate surface area is 106 Å². The predicted octanol–water partition coefficient (Wildman–Crippen LogP) is 2.76. The maximum absolute atomic E-state index is 6.04. The summed E-state index contributed by atoms with van der Waals surface area (Å²) in [5, 5.41) is 8.07. The zero-order chi connectivity index (χ0) is 12.3. The highest BCUT2D eigenvalue weighted by Gasteiger charge is 2.19. The number of hydrogen-bond donors (Lipinski definition) is 1. The van der Waals surface area contributed by atoms with Crippen LogP contribution in [0, 0.1) is 0 Å². The van der Waals surface area contributed by atoms with Gasteiger partial charge in [0.05, 0.1) is 18.5 Å². The van der Waals surface area contributed by atoms with E-state index in [1.54, 1.807) is 10.9 Å². The first-order valence-electron chi connectivity index (χ1n) is 5.67. The fourth-order valence-electron chi connectivity index (χ4n) is 1.80. The van der Waals surface area contributed by atoms with E-state index in [0.29, 0.717) is 5.22 Å². The summed E-state index contributed by atoms with van der Waals surface area (Å²) in [4.78, 5) is 0. The minimum atomic E-state index is 0.0369. The number of furan rings is 1. The van der Waals surface area contributed by atoms with Crippen LogP contribution in [0.25, 0.3) is 0 Å². The average molecular weight is 254 g/mol. The molecule has 0 aromatic carbocycles. The predicted molar refractivity (Wildman–Crippen MR) is 67.1 cm³/mol. The molecule has 2 rings (SSSR count). The number of nitrogens with one attached hydrogen (secondary N) is 1. The van der Waals surface area contributed by atoms with Gasteiger partial charge in [-0.2, -0.15) is 5.10 Å². The van der Waals surface area contributed by atoms with Crippen LogP contribution < -0.4 is 5.32 Å². The molecule has 0 saturated carbocycles. The summed E-state index contributed by atoms with van der Waals surface area (Å²) in [5.74, 6) is 0. The average Bonchev–Trinajstić information content (AvgIpc) is 2.90. The van der Waals surface area contributed by atoms with Crippen LogP contribution in [-0.4, -0.2) is 16.3 Å². The third-order valence-electron chi connectivity index (χ3n) is 2.61. The second kappa shape index (κ2) is 5.38. The van der Waals surface area contributed by atoms with Gasteiger partial charge in [-0.25, -0.2) is 0 Å². The van der Waals surface area contributed by atoms with E-state index in [2.05, 4.69) is 17.3 Å². The van der Waals surface area contributed by atoms with Crippen molar-refractivity contribution in [2.24, 2.45) is 7.05 Å². The molecule has 1 N–H and O–H groups in total. The van der Waals surface area contributed by atoms with E-state index >= 15 is 0 Å². The Bertz CT molecular complexity index is 478. The molecule has 2 aromatic heterocycles. The Morgan fingerprint density at radius 3 is 2.94 bits per heavy atom. The fraction of sp³-hybridized carbons (Fsp3) is 0.417. The number of aromatic nitrogens is 2. The highest BCUT2D eigenvalue weighted by atomic mass is 35.5. The maximum atomic E-state index is 6.04. The van der Waals surface area contributed by atoms with Crippen LogP contribution in [-0.2, 0) is 7.05 Å². The van der Waals surface area contributed by atoms with E-state index in [-0.39, 0.29) is 6.04 Å². The van der Waals surface area contributed by atoms with E-state index in [0.717, 1.165) is 24.1 Å². The molecule has 4 nitrogen and oxygen atoms in total. The van der Waals surface area contributed by atoms with E-state index in [1.165, 1.54) is 0 Å². The molecule has 1 unspecified atom stereocenters. The summed E-state index contributed by atoms with van der Waals surface area (Å²) >= 11 is 6.04. The molecule has 0 spiro atoms. The molecular weight excluding hydrogens is 238 g/mol. The summed E-state index contributed by atoms with van der Waals surface area (Å²) in [7, 11) is 1.90. The van der Waals surface area contributed by atoms with Gasteiger partial charge in [-0.05, 0) is 30.6 Å². The van der Waals surface area contributed by atoms with Crippen LogP contribution in [0.15, 0.2) is 29.1 Å². The van der Waals surface area contributed by atoms with Crippen molar-refractivity contribution in [1.82, 2.24) is 15.1 Å². The van der Waals surface area contributed by atoms with Crippen LogP contribution in [0.5, 0.6) is 0 Å². The molecule has 17 heavy (non-hydrogen) atoms. The van der Waals surface area contributed by atoms with Crippen molar-refractivity contribution in [3.8, 4) is 0 Å². The van der Waals surface area contributed by atoms with Gasteiger partial charge in [-0.15, -0.1) is 0 Å². The van der Waals surface area contributed by atoms with E-state index in [1.807, 2.05) is 25.5 Å². The second-order valence-corrected chi connectivity index (χ2v) is 4.33. The SMILES string of the molecule is CCCNC(c1cnn(C)c1)c1ccoc1Cl. The molecule has 5 heteroatoms. The van der Waals surface area contributed by atoms with Gasteiger partial charge in [0.2, 0.25) is 0 Å². The highest BCUT2D eigenvalue weighted by molar-refractivity contribution is 6.29. The topological polar surface area (TPSA) is 43.0 Å². The summed E-state index contributed by atoms with van der Waals surface area (Å²) in [6, 6.07) is 1.93. The molecule has 0 amide bonds. The van der Waals surface area contributed by atoms with Crippen molar-refractivity contribution in [1.29, 1.82) is 0 Å². The lowest BCUT2D eigenvalue weighted by atomic mass is 10.0. The molecule has 0 aliphatic carbocycles. The summed E-state index contributed by atoms with van der Waals surface area (Å²) in [5.41, 5.74) is 2.04. The largest absolute Gasteiger partial charge is 0.453 e. The van der Waals surface area contributed by atoms with E-state index in [4.69, 9.17) is 16.0 Å². The molecule has 0 fully saturated rings. The standard InChI is InChI=1S/C12H16ClN3O/c1-3-5-14-11(9-7-15-16(2)8-9)10-4-6-17-12(10)13/h4,6-8,11,14H,3,5H2,1-2H3. The van der Waals surface area contributed by atoms with Crippen LogP contribution in [0.1, 0.15) is 30.5 Å². The number of nitrogens with zero attached hydrogens (tertiary/aromatic N) is 2. The number of rotatable bonds is 5. The molecule has 0 aliphatic heterocycles. The lowest BCUT2D eigenvalue weighted by Crippen LogP contribution is -2.22. The Morgan fingerprint density at radius 2 is 2.41 bits per heavy atom.